The normalized spacial score (nSPS) is 27.3. The molecular formula is C19H26N4O3. The minimum Gasteiger partial charge on any atom is -0.381 e. The van der Waals surface area contributed by atoms with Crippen molar-refractivity contribution in [3.63, 3.8) is 0 Å². The van der Waals surface area contributed by atoms with Crippen molar-refractivity contribution < 1.29 is 14.3 Å². The molecule has 0 N–H and O–H groups in total. The molecule has 0 saturated carbocycles. The van der Waals surface area contributed by atoms with Gasteiger partial charge in [-0.1, -0.05) is 0 Å². The lowest BCUT2D eigenvalue weighted by molar-refractivity contribution is -0.150. The molecule has 2 amide bonds. The Morgan fingerprint density at radius 1 is 1.27 bits per heavy atom. The van der Waals surface area contributed by atoms with Gasteiger partial charge in [0.2, 0.25) is 5.91 Å². The van der Waals surface area contributed by atoms with Crippen molar-refractivity contribution in [1.29, 1.82) is 0 Å². The Morgan fingerprint density at radius 3 is 2.85 bits per heavy atom. The molecule has 0 unspecified atom stereocenters. The van der Waals surface area contributed by atoms with Crippen molar-refractivity contribution in [2.75, 3.05) is 32.8 Å². The number of hydrogen-bond acceptors (Lipinski definition) is 5. The predicted molar refractivity (Wildman–Crippen MR) is 94.5 cm³/mol. The lowest BCUT2D eigenvalue weighted by atomic mass is 9.77. The van der Waals surface area contributed by atoms with Crippen LogP contribution >= 0.6 is 0 Å². The van der Waals surface area contributed by atoms with Gasteiger partial charge in [0.25, 0.3) is 5.91 Å². The smallest absolute Gasteiger partial charge is 0.257 e. The Labute approximate surface area is 153 Å². The summed E-state index contributed by atoms with van der Waals surface area (Å²) in [4.78, 5) is 38.2. The van der Waals surface area contributed by atoms with Gasteiger partial charge in [0, 0.05) is 45.1 Å². The van der Waals surface area contributed by atoms with Crippen LogP contribution < -0.4 is 0 Å². The maximum atomic E-state index is 13.3. The van der Waals surface area contributed by atoms with Crippen molar-refractivity contribution in [1.82, 2.24) is 19.8 Å². The van der Waals surface area contributed by atoms with Crippen LogP contribution in [-0.4, -0.2) is 70.5 Å². The summed E-state index contributed by atoms with van der Waals surface area (Å²) in [6.45, 7) is 5.27. The van der Waals surface area contributed by atoms with Crippen LogP contribution in [0.25, 0.3) is 0 Å². The Hall–Kier alpha value is -2.02. The second-order valence-corrected chi connectivity index (χ2v) is 7.72. The second-order valence-electron chi connectivity index (χ2n) is 7.72. The molecule has 1 aromatic rings. The van der Waals surface area contributed by atoms with E-state index in [-0.39, 0.29) is 11.8 Å². The maximum Gasteiger partial charge on any atom is 0.257 e. The summed E-state index contributed by atoms with van der Waals surface area (Å²) in [6.07, 6.45) is 7.51. The zero-order valence-electron chi connectivity index (χ0n) is 15.3. The first-order chi connectivity index (χ1) is 12.6. The highest BCUT2D eigenvalue weighted by molar-refractivity contribution is 5.96. The average Bonchev–Trinajstić information content (AvgIpc) is 3.10. The molecule has 140 valence electrons. The van der Waals surface area contributed by atoms with Crippen LogP contribution in [0.5, 0.6) is 0 Å². The monoisotopic (exact) mass is 358 g/mol. The summed E-state index contributed by atoms with van der Waals surface area (Å²) in [5, 5.41) is 0. The number of likely N-dealkylation sites (tertiary alicyclic amines) is 2. The van der Waals surface area contributed by atoms with E-state index in [9.17, 15) is 9.59 Å². The molecule has 0 aromatic carbocycles. The van der Waals surface area contributed by atoms with Gasteiger partial charge in [0.15, 0.2) is 0 Å². The third kappa shape index (κ3) is 2.98. The van der Waals surface area contributed by atoms with E-state index in [1.807, 2.05) is 11.8 Å². The number of nitrogens with zero attached hydrogens (tertiary/aromatic N) is 4. The zero-order chi connectivity index (χ0) is 18.1. The number of carbonyl (C=O) groups excluding carboxylic acids is 2. The molecule has 3 aliphatic heterocycles. The van der Waals surface area contributed by atoms with Crippen molar-refractivity contribution in [2.45, 2.75) is 45.1 Å². The highest BCUT2D eigenvalue weighted by Gasteiger charge is 2.50. The number of rotatable bonds is 2. The fraction of sp³-hybridized carbons (Fsp3) is 0.684. The standard InChI is InChI=1S/C19H26N4O3/c1-14-16(11-20-13-21-14)17(24)22-8-6-19(12-22)5-2-7-23(18(19)25)15-3-9-26-10-4-15/h11,13,15H,2-10,12H2,1H3/t19-/m1/s1. The topological polar surface area (TPSA) is 75.6 Å². The van der Waals surface area contributed by atoms with Crippen LogP contribution in [0.15, 0.2) is 12.5 Å². The van der Waals surface area contributed by atoms with E-state index in [1.165, 1.54) is 6.33 Å². The molecule has 4 heterocycles. The van der Waals surface area contributed by atoms with Gasteiger partial charge < -0.3 is 14.5 Å². The van der Waals surface area contributed by atoms with Gasteiger partial charge in [-0.15, -0.1) is 0 Å². The molecule has 7 nitrogen and oxygen atoms in total. The third-order valence-corrected chi connectivity index (χ3v) is 6.18. The summed E-state index contributed by atoms with van der Waals surface area (Å²) < 4.78 is 5.45. The molecule has 0 bridgehead atoms. The van der Waals surface area contributed by atoms with Gasteiger partial charge in [-0.25, -0.2) is 9.97 Å². The largest absolute Gasteiger partial charge is 0.381 e. The van der Waals surface area contributed by atoms with Crippen molar-refractivity contribution in [3.05, 3.63) is 23.8 Å². The molecule has 0 aliphatic carbocycles. The Bertz CT molecular complexity index is 704. The molecule has 3 saturated heterocycles. The summed E-state index contributed by atoms with van der Waals surface area (Å²) in [5.41, 5.74) is 0.814. The summed E-state index contributed by atoms with van der Waals surface area (Å²) in [6, 6.07) is 0.294. The second kappa shape index (κ2) is 6.95. The van der Waals surface area contributed by atoms with Crippen LogP contribution in [-0.2, 0) is 9.53 Å². The molecule has 26 heavy (non-hydrogen) atoms. The lowest BCUT2D eigenvalue weighted by Gasteiger charge is -2.44. The first kappa shape index (κ1) is 17.4. The van der Waals surface area contributed by atoms with E-state index in [0.717, 1.165) is 51.9 Å². The highest BCUT2D eigenvalue weighted by Crippen LogP contribution is 2.41. The molecule has 7 heteroatoms. The predicted octanol–water partition coefficient (Wildman–Crippen LogP) is 1.42. The lowest BCUT2D eigenvalue weighted by Crippen LogP contribution is -2.55. The molecule has 3 fully saturated rings. The van der Waals surface area contributed by atoms with Crippen LogP contribution in [0.1, 0.15) is 48.2 Å². The third-order valence-electron chi connectivity index (χ3n) is 6.18. The van der Waals surface area contributed by atoms with Gasteiger partial charge in [0.05, 0.1) is 16.7 Å². The van der Waals surface area contributed by atoms with Crippen LogP contribution in [0.2, 0.25) is 0 Å². The van der Waals surface area contributed by atoms with Gasteiger partial charge in [-0.05, 0) is 39.0 Å². The minimum atomic E-state index is -0.407. The van der Waals surface area contributed by atoms with E-state index in [2.05, 4.69) is 14.9 Å². The van der Waals surface area contributed by atoms with E-state index in [0.29, 0.717) is 30.4 Å². The molecule has 4 rings (SSSR count). The number of ether oxygens (including phenoxy) is 1. The van der Waals surface area contributed by atoms with Gasteiger partial charge in [0.1, 0.15) is 6.33 Å². The van der Waals surface area contributed by atoms with Gasteiger partial charge >= 0.3 is 0 Å². The number of hydrogen-bond donors (Lipinski definition) is 0. The summed E-state index contributed by atoms with van der Waals surface area (Å²) in [5.74, 6) is 0.183. The van der Waals surface area contributed by atoms with E-state index in [4.69, 9.17) is 4.74 Å². The van der Waals surface area contributed by atoms with E-state index in [1.54, 1.807) is 6.20 Å². The zero-order valence-corrected chi connectivity index (χ0v) is 15.3. The van der Waals surface area contributed by atoms with Crippen molar-refractivity contribution in [3.8, 4) is 0 Å². The molecule has 1 spiro atoms. The van der Waals surface area contributed by atoms with Gasteiger partial charge in [-0.2, -0.15) is 0 Å². The summed E-state index contributed by atoms with van der Waals surface area (Å²) >= 11 is 0. The number of piperidine rings is 1. The Kier molecular flexibility index (Phi) is 4.65. The maximum absolute atomic E-state index is 13.3. The first-order valence-corrected chi connectivity index (χ1v) is 9.55. The van der Waals surface area contributed by atoms with Crippen molar-refractivity contribution >= 4 is 11.8 Å². The van der Waals surface area contributed by atoms with Crippen molar-refractivity contribution in [2.24, 2.45) is 5.41 Å². The van der Waals surface area contributed by atoms with E-state index < -0.39 is 5.41 Å². The summed E-state index contributed by atoms with van der Waals surface area (Å²) in [7, 11) is 0. The number of aromatic nitrogens is 2. The van der Waals surface area contributed by atoms with Gasteiger partial charge in [-0.3, -0.25) is 9.59 Å². The minimum absolute atomic E-state index is 0.0593. The molecule has 1 aromatic heterocycles. The SMILES string of the molecule is Cc1ncncc1C(=O)N1CC[C@]2(CCCN(C3CCOCC3)C2=O)C1. The van der Waals surface area contributed by atoms with Crippen LogP contribution in [0.3, 0.4) is 0 Å². The average molecular weight is 358 g/mol. The fourth-order valence-corrected chi connectivity index (χ4v) is 4.64. The van der Waals surface area contributed by atoms with Crippen LogP contribution in [0, 0.1) is 12.3 Å². The quantitative estimate of drug-likeness (QED) is 0.799. The van der Waals surface area contributed by atoms with E-state index >= 15 is 0 Å². The molecular weight excluding hydrogens is 332 g/mol. The Balaban J connectivity index is 1.50. The number of aryl methyl sites for hydroxylation is 1. The Morgan fingerprint density at radius 2 is 2.08 bits per heavy atom. The van der Waals surface area contributed by atoms with Crippen LogP contribution in [0.4, 0.5) is 0 Å². The molecule has 3 aliphatic rings. The number of carbonyl (C=O) groups is 2. The first-order valence-electron chi connectivity index (χ1n) is 9.55. The fourth-order valence-electron chi connectivity index (χ4n) is 4.64. The number of amides is 2. The molecule has 1 atom stereocenters. The highest BCUT2D eigenvalue weighted by atomic mass is 16.5. The molecule has 0 radical (unpaired) electrons.